The van der Waals surface area contributed by atoms with Crippen LogP contribution in [0.5, 0.6) is 5.88 Å². The molecule has 1 aromatic heterocycles. The fourth-order valence-corrected chi connectivity index (χ4v) is 2.75. The first-order valence-corrected chi connectivity index (χ1v) is 7.57. The molecule has 2 aromatic rings. The number of anilines is 1. The maximum atomic E-state index is 6.13. The molecule has 0 spiro atoms. The number of hydrogen-bond acceptors (Lipinski definition) is 5. The van der Waals surface area contributed by atoms with E-state index in [1.54, 1.807) is 0 Å². The Morgan fingerprint density at radius 3 is 2.75 bits per heavy atom. The average Bonchev–Trinajstić information content (AvgIpc) is 2.41. The second-order valence-electron chi connectivity index (χ2n) is 4.44. The average molecular weight is 310 g/mol. The monoisotopic (exact) mass is 309 g/mol. The van der Waals surface area contributed by atoms with Crippen molar-refractivity contribution in [1.29, 1.82) is 0 Å². The van der Waals surface area contributed by atoms with Gasteiger partial charge in [-0.15, -0.1) is 0 Å². The van der Waals surface area contributed by atoms with Crippen LogP contribution < -0.4 is 10.5 Å². The number of aromatic nitrogens is 2. The van der Waals surface area contributed by atoms with Gasteiger partial charge in [-0.3, -0.25) is 0 Å². The Morgan fingerprint density at radius 1 is 1.30 bits per heavy atom. The lowest BCUT2D eigenvalue weighted by Crippen LogP contribution is -2.10. The molecule has 0 saturated heterocycles. The molecule has 2 rings (SSSR count). The highest BCUT2D eigenvalue weighted by molar-refractivity contribution is 7.98. The smallest absolute Gasteiger partial charge is 0.241 e. The Hall–Kier alpha value is -1.46. The van der Waals surface area contributed by atoms with Gasteiger partial charge in [-0.25, -0.2) is 4.98 Å². The topological polar surface area (TPSA) is 61.0 Å². The number of rotatable bonds is 5. The van der Waals surface area contributed by atoms with Crippen LogP contribution in [0.3, 0.4) is 0 Å². The molecule has 0 radical (unpaired) electrons. The van der Waals surface area contributed by atoms with Crippen molar-refractivity contribution in [2.75, 3.05) is 5.73 Å². The van der Waals surface area contributed by atoms with Crippen LogP contribution in [0.2, 0.25) is 5.02 Å². The number of thioether (sulfide) groups is 1. The van der Waals surface area contributed by atoms with E-state index in [0.29, 0.717) is 22.3 Å². The van der Waals surface area contributed by atoms with Crippen molar-refractivity contribution in [3.05, 3.63) is 41.2 Å². The maximum Gasteiger partial charge on any atom is 0.241 e. The van der Waals surface area contributed by atoms with E-state index in [9.17, 15) is 0 Å². The third-order valence-electron chi connectivity index (χ3n) is 2.48. The van der Waals surface area contributed by atoms with E-state index in [2.05, 4.69) is 9.97 Å². The third-order valence-corrected chi connectivity index (χ3v) is 3.90. The highest BCUT2D eigenvalue weighted by atomic mass is 35.5. The summed E-state index contributed by atoms with van der Waals surface area (Å²) in [5.41, 5.74) is 7.55. The van der Waals surface area contributed by atoms with E-state index in [-0.39, 0.29) is 6.10 Å². The quantitative estimate of drug-likeness (QED) is 0.672. The molecule has 2 N–H and O–H groups in total. The van der Waals surface area contributed by atoms with Crippen molar-refractivity contribution < 1.29 is 4.74 Å². The minimum absolute atomic E-state index is 0.0219. The molecule has 0 atom stereocenters. The second kappa shape index (κ2) is 6.81. The number of nitrogen functional groups attached to an aromatic ring is 1. The van der Waals surface area contributed by atoms with Crippen LogP contribution in [-0.4, -0.2) is 16.1 Å². The summed E-state index contributed by atoms with van der Waals surface area (Å²) in [6.07, 6.45) is 1.48. The van der Waals surface area contributed by atoms with Crippen molar-refractivity contribution in [3.8, 4) is 5.88 Å². The fraction of sp³-hybridized carbons (Fsp3) is 0.286. The molecule has 4 nitrogen and oxygen atoms in total. The van der Waals surface area contributed by atoms with E-state index in [1.165, 1.54) is 18.1 Å². The van der Waals surface area contributed by atoms with Gasteiger partial charge in [0.2, 0.25) is 5.88 Å². The van der Waals surface area contributed by atoms with E-state index in [4.69, 9.17) is 22.1 Å². The first kappa shape index (κ1) is 14.9. The largest absolute Gasteiger partial charge is 0.473 e. The van der Waals surface area contributed by atoms with Gasteiger partial charge in [-0.1, -0.05) is 41.6 Å². The van der Waals surface area contributed by atoms with Gasteiger partial charge in [0.15, 0.2) is 0 Å². The van der Waals surface area contributed by atoms with Crippen molar-refractivity contribution in [3.63, 3.8) is 0 Å². The Labute approximate surface area is 127 Å². The van der Waals surface area contributed by atoms with Gasteiger partial charge < -0.3 is 10.5 Å². The molecule has 0 aliphatic rings. The summed E-state index contributed by atoms with van der Waals surface area (Å²) in [5.74, 6) is 1.12. The van der Waals surface area contributed by atoms with Crippen molar-refractivity contribution >= 4 is 29.1 Å². The van der Waals surface area contributed by atoms with Gasteiger partial charge >= 0.3 is 0 Å². The first-order chi connectivity index (χ1) is 9.58. The number of benzene rings is 1. The van der Waals surface area contributed by atoms with Crippen molar-refractivity contribution in [2.45, 2.75) is 30.7 Å². The molecule has 6 heteroatoms. The van der Waals surface area contributed by atoms with Gasteiger partial charge in [0.05, 0.1) is 6.10 Å². The molecular formula is C14H16ClN3OS. The van der Waals surface area contributed by atoms with Gasteiger partial charge in [-0.05, 0) is 25.5 Å². The van der Waals surface area contributed by atoms with Crippen LogP contribution in [0.25, 0.3) is 0 Å². The molecule has 0 aliphatic heterocycles. The highest BCUT2D eigenvalue weighted by Gasteiger charge is 2.11. The Bertz CT molecular complexity index is 592. The minimum atomic E-state index is 0.0219. The Kier molecular flexibility index (Phi) is 5.09. The van der Waals surface area contributed by atoms with Crippen LogP contribution in [0.1, 0.15) is 19.4 Å². The molecule has 0 saturated carbocycles. The predicted octanol–water partition coefficient (Wildman–Crippen LogP) is 3.79. The number of halogens is 1. The predicted molar refractivity (Wildman–Crippen MR) is 83.2 cm³/mol. The van der Waals surface area contributed by atoms with Crippen molar-refractivity contribution in [1.82, 2.24) is 9.97 Å². The molecule has 1 heterocycles. The van der Waals surface area contributed by atoms with Crippen LogP contribution in [0.15, 0.2) is 35.6 Å². The zero-order chi connectivity index (χ0) is 14.5. The third kappa shape index (κ3) is 3.77. The lowest BCUT2D eigenvalue weighted by molar-refractivity contribution is 0.233. The SMILES string of the molecule is CC(C)Oc1ncnc(SCc2ccccc2Cl)c1N. The van der Waals surface area contributed by atoms with E-state index < -0.39 is 0 Å². The number of nitrogens with two attached hydrogens (primary N) is 1. The normalized spacial score (nSPS) is 10.8. The molecule has 1 aromatic carbocycles. The standard InChI is InChI=1S/C14H16ClN3OS/c1-9(2)19-13-12(16)14(18-8-17-13)20-7-10-5-3-4-6-11(10)15/h3-6,8-9H,7,16H2,1-2H3. The molecule has 0 amide bonds. The van der Waals surface area contributed by atoms with Gasteiger partial charge in [0, 0.05) is 10.8 Å². The second-order valence-corrected chi connectivity index (χ2v) is 5.82. The molecule has 106 valence electrons. The summed E-state index contributed by atoms with van der Waals surface area (Å²) >= 11 is 7.64. The number of hydrogen-bond donors (Lipinski definition) is 1. The van der Waals surface area contributed by atoms with Crippen LogP contribution in [0.4, 0.5) is 5.69 Å². The Morgan fingerprint density at radius 2 is 2.05 bits per heavy atom. The summed E-state index contributed by atoms with van der Waals surface area (Å²) in [4.78, 5) is 8.25. The molecule has 0 aliphatic carbocycles. The number of nitrogens with zero attached hydrogens (tertiary/aromatic N) is 2. The molecular weight excluding hydrogens is 294 g/mol. The van der Waals surface area contributed by atoms with Crippen molar-refractivity contribution in [2.24, 2.45) is 0 Å². The summed E-state index contributed by atoms with van der Waals surface area (Å²) in [6, 6.07) is 7.72. The van der Waals surface area contributed by atoms with Gasteiger partial charge in [-0.2, -0.15) is 4.98 Å². The molecule has 0 fully saturated rings. The molecule has 0 unspecified atom stereocenters. The van der Waals surface area contributed by atoms with Gasteiger partial charge in [0.25, 0.3) is 0 Å². The van der Waals surface area contributed by atoms with E-state index in [1.807, 2.05) is 38.1 Å². The number of ether oxygens (including phenoxy) is 1. The molecule has 20 heavy (non-hydrogen) atoms. The maximum absolute atomic E-state index is 6.13. The minimum Gasteiger partial charge on any atom is -0.473 e. The van der Waals surface area contributed by atoms with E-state index in [0.717, 1.165) is 10.6 Å². The van der Waals surface area contributed by atoms with Crippen LogP contribution >= 0.6 is 23.4 Å². The van der Waals surface area contributed by atoms with Crippen LogP contribution in [0, 0.1) is 0 Å². The summed E-state index contributed by atoms with van der Waals surface area (Å²) in [7, 11) is 0. The van der Waals surface area contributed by atoms with Gasteiger partial charge in [0.1, 0.15) is 17.0 Å². The zero-order valence-corrected chi connectivity index (χ0v) is 12.9. The first-order valence-electron chi connectivity index (χ1n) is 6.21. The summed E-state index contributed by atoms with van der Waals surface area (Å²) in [5, 5.41) is 1.45. The highest BCUT2D eigenvalue weighted by Crippen LogP contribution is 2.32. The Balaban J connectivity index is 2.12. The molecule has 0 bridgehead atoms. The van der Waals surface area contributed by atoms with E-state index >= 15 is 0 Å². The zero-order valence-electron chi connectivity index (χ0n) is 11.3. The van der Waals surface area contributed by atoms with Crippen LogP contribution in [-0.2, 0) is 5.75 Å². The fourth-order valence-electron chi connectivity index (χ4n) is 1.56. The summed E-state index contributed by atoms with van der Waals surface area (Å²) < 4.78 is 5.55. The summed E-state index contributed by atoms with van der Waals surface area (Å²) in [6.45, 7) is 3.86. The lowest BCUT2D eigenvalue weighted by Gasteiger charge is -2.12. The lowest BCUT2D eigenvalue weighted by atomic mass is 10.2.